The van der Waals surface area contributed by atoms with Crippen molar-refractivity contribution in [3.63, 3.8) is 0 Å². The van der Waals surface area contributed by atoms with Crippen LogP contribution >= 0.6 is 47.8 Å². The Balaban J connectivity index is 0.000000134. The number of fused-ring (bicyclic) bond motifs is 3. The Hall–Kier alpha value is -2.57. The first-order valence-corrected chi connectivity index (χ1v) is 19.9. The lowest BCUT2D eigenvalue weighted by Crippen LogP contribution is -2.40. The van der Waals surface area contributed by atoms with Gasteiger partial charge in [-0.25, -0.2) is 0 Å². The summed E-state index contributed by atoms with van der Waals surface area (Å²) in [4.78, 5) is 15.6. The zero-order valence-corrected chi connectivity index (χ0v) is 34.2. The Labute approximate surface area is 321 Å². The lowest BCUT2D eigenvalue weighted by Gasteiger charge is -2.37. The first-order valence-electron chi connectivity index (χ1n) is 17.6. The third-order valence-electron chi connectivity index (χ3n) is 10.2. The van der Waals surface area contributed by atoms with Crippen molar-refractivity contribution in [2.45, 2.75) is 85.1 Å². The van der Waals surface area contributed by atoms with Crippen LogP contribution in [0.5, 0.6) is 0 Å². The quantitative estimate of drug-likeness (QED) is 0.250. The lowest BCUT2D eigenvalue weighted by molar-refractivity contribution is 0.0846. The number of aliphatic imine (C=N–C) groups is 3. The van der Waals surface area contributed by atoms with Gasteiger partial charge >= 0.3 is 0 Å². The highest BCUT2D eigenvalue weighted by Crippen LogP contribution is 2.38. The molecule has 3 aromatic carbocycles. The Morgan fingerprint density at radius 1 is 0.700 bits per heavy atom. The van der Waals surface area contributed by atoms with Gasteiger partial charge in [-0.15, -0.1) is 0 Å². The molecule has 0 bridgehead atoms. The third kappa shape index (κ3) is 8.07. The molecule has 0 atom stereocenters. The smallest absolute Gasteiger partial charge is 0.0647 e. The van der Waals surface area contributed by atoms with E-state index in [0.29, 0.717) is 12.1 Å². The Morgan fingerprint density at radius 2 is 1.18 bits per heavy atom. The number of anilines is 3. The number of nitrogens with zero attached hydrogens (tertiary/aromatic N) is 4. The van der Waals surface area contributed by atoms with E-state index < -0.39 is 0 Å². The number of nitrogens with two attached hydrogens (primary N) is 1. The van der Waals surface area contributed by atoms with Crippen LogP contribution in [0.2, 0.25) is 0 Å². The van der Waals surface area contributed by atoms with E-state index in [1.54, 1.807) is 0 Å². The van der Waals surface area contributed by atoms with Gasteiger partial charge in [0.1, 0.15) is 0 Å². The van der Waals surface area contributed by atoms with Crippen LogP contribution in [0.1, 0.15) is 82.7 Å². The second kappa shape index (κ2) is 16.8. The maximum Gasteiger partial charge on any atom is 0.0647 e. The van der Waals surface area contributed by atoms with E-state index in [-0.39, 0.29) is 0 Å². The van der Waals surface area contributed by atoms with Gasteiger partial charge in [-0.1, -0.05) is 47.8 Å². The maximum absolute atomic E-state index is 5.91. The number of nitrogen functional groups attached to an aromatic ring is 1. The predicted octanol–water partition coefficient (Wildman–Crippen LogP) is 9.25. The van der Waals surface area contributed by atoms with Crippen LogP contribution < -0.4 is 16.0 Å². The Bertz CT molecular complexity index is 1810. The van der Waals surface area contributed by atoms with Gasteiger partial charge in [0.15, 0.2) is 0 Å². The van der Waals surface area contributed by atoms with Crippen LogP contribution in [0.4, 0.5) is 17.1 Å². The molecule has 5 aliphatic heterocycles. The summed E-state index contributed by atoms with van der Waals surface area (Å²) in [5, 5.41) is 3.69. The molecular weight excluding hydrogens is 824 g/mol. The fourth-order valence-corrected chi connectivity index (χ4v) is 8.64. The minimum Gasteiger partial charge on any atom is -0.398 e. The molecule has 0 radical (unpaired) electrons. The highest BCUT2D eigenvalue weighted by molar-refractivity contribution is 9.11. The molecule has 3 N–H and O–H groups in total. The van der Waals surface area contributed by atoms with Gasteiger partial charge in [-0.2, -0.15) is 0 Å². The molecule has 5 aliphatic rings. The summed E-state index contributed by atoms with van der Waals surface area (Å²) in [5.41, 5.74) is 20.6. The van der Waals surface area contributed by atoms with Crippen LogP contribution in [-0.4, -0.2) is 63.7 Å². The van der Waals surface area contributed by atoms with Crippen LogP contribution in [-0.2, 0) is 29.1 Å². The highest BCUT2D eigenvalue weighted by atomic mass is 79.9. The molecule has 3 aromatic rings. The van der Waals surface area contributed by atoms with Gasteiger partial charge in [0.05, 0.1) is 25.3 Å². The molecule has 50 heavy (non-hydrogen) atoms. The summed E-state index contributed by atoms with van der Waals surface area (Å²) in [6.45, 7) is 15.5. The fourth-order valence-electron chi connectivity index (χ4n) is 7.21. The van der Waals surface area contributed by atoms with E-state index in [1.807, 2.05) is 25.6 Å². The zero-order chi connectivity index (χ0) is 35.4. The van der Waals surface area contributed by atoms with Crippen LogP contribution in [0, 0.1) is 20.8 Å². The van der Waals surface area contributed by atoms with E-state index in [4.69, 9.17) is 15.2 Å². The van der Waals surface area contributed by atoms with E-state index in [1.165, 1.54) is 59.3 Å². The molecule has 8 rings (SSSR count). The average molecular weight is 872 g/mol. The summed E-state index contributed by atoms with van der Waals surface area (Å²) >= 11 is 10.8. The number of ether oxygens (including phenoxy) is 2. The molecule has 0 aliphatic carbocycles. The number of rotatable bonds is 5. The molecule has 0 saturated carbocycles. The molecule has 2 fully saturated rings. The second-order valence-corrected chi connectivity index (χ2v) is 15.9. The van der Waals surface area contributed by atoms with Crippen LogP contribution in [0.25, 0.3) is 0 Å². The van der Waals surface area contributed by atoms with Gasteiger partial charge < -0.3 is 25.4 Å². The van der Waals surface area contributed by atoms with Crippen LogP contribution in [0.15, 0.2) is 46.6 Å². The van der Waals surface area contributed by atoms with E-state index in [2.05, 4.69) is 112 Å². The number of hydrogen-bond donors (Lipinski definition) is 2. The fraction of sp³-hybridized carbons (Fsp3) is 0.462. The van der Waals surface area contributed by atoms with Crippen LogP contribution in [0.3, 0.4) is 0 Å². The topological polar surface area (TPSA) is 96.8 Å². The first kappa shape index (κ1) is 37.2. The van der Waals surface area contributed by atoms with Gasteiger partial charge in [0, 0.05) is 105 Å². The molecule has 0 spiro atoms. The molecule has 0 amide bonds. The lowest BCUT2D eigenvalue weighted by atomic mass is 9.99. The molecule has 2 saturated heterocycles. The average Bonchev–Trinajstić information content (AvgIpc) is 3.91. The Kier molecular flexibility index (Phi) is 12.5. The van der Waals surface area contributed by atoms with Crippen molar-refractivity contribution >= 4 is 83.5 Å². The SMILES string of the molecule is CCN(c1c(C)c(Br)cc2c1C=NC2)C1CCOCC1.Cc1c(Br)cc2c(c1N)C=NC2.Cc1c(Br)cc2c(c1NC1CCOCC1)C=NC2. The van der Waals surface area contributed by atoms with E-state index in [9.17, 15) is 0 Å². The van der Waals surface area contributed by atoms with Crippen molar-refractivity contribution in [3.05, 3.63) is 81.7 Å². The van der Waals surface area contributed by atoms with Crippen molar-refractivity contribution in [1.82, 2.24) is 0 Å². The number of nitrogens with one attached hydrogen (secondary N) is 1. The highest BCUT2D eigenvalue weighted by Gasteiger charge is 2.27. The molecule has 5 heterocycles. The number of halogens is 3. The summed E-state index contributed by atoms with van der Waals surface area (Å²) in [6.07, 6.45) is 10.3. The Morgan fingerprint density at radius 3 is 1.78 bits per heavy atom. The van der Waals surface area contributed by atoms with Crippen molar-refractivity contribution in [2.24, 2.45) is 15.0 Å². The monoisotopic (exact) mass is 868 g/mol. The van der Waals surface area contributed by atoms with Gasteiger partial charge in [-0.05, 0) is 105 Å². The molecule has 0 aromatic heterocycles. The molecule has 11 heteroatoms. The van der Waals surface area contributed by atoms with Gasteiger partial charge in [0.2, 0.25) is 0 Å². The zero-order valence-electron chi connectivity index (χ0n) is 29.4. The van der Waals surface area contributed by atoms with E-state index >= 15 is 0 Å². The minimum absolute atomic E-state index is 0.518. The van der Waals surface area contributed by atoms with Crippen molar-refractivity contribution in [1.29, 1.82) is 0 Å². The molecular formula is C39H47Br3N6O2. The summed E-state index contributed by atoms with van der Waals surface area (Å²) in [7, 11) is 0. The standard InChI is InChI=1S/C16H21BrN2O.C14H17BrN2O.C9H9BrN2/c1-3-19(13-4-6-20-7-5-13)16-11(2)15(17)8-12-9-18-10-14(12)16;1-9-13(15)6-10-7-16-8-12(10)14(9)17-11-2-4-18-5-3-11;1-5-8(10)2-6-3-12-4-7(6)9(5)11/h8,10,13H,3-7,9H2,1-2H3;6,8,11,17H,2-5,7H2,1H3;2,4H,3,11H2,1H3. The van der Waals surface area contributed by atoms with Crippen molar-refractivity contribution < 1.29 is 9.47 Å². The summed E-state index contributed by atoms with van der Waals surface area (Å²) in [5.74, 6) is 0. The van der Waals surface area contributed by atoms with Gasteiger partial charge in [-0.3, -0.25) is 15.0 Å². The summed E-state index contributed by atoms with van der Waals surface area (Å²) in [6, 6.07) is 7.60. The molecule has 0 unspecified atom stereocenters. The number of benzene rings is 3. The minimum atomic E-state index is 0.518. The number of hydrogen-bond acceptors (Lipinski definition) is 8. The maximum atomic E-state index is 5.91. The van der Waals surface area contributed by atoms with Crippen molar-refractivity contribution in [3.8, 4) is 0 Å². The van der Waals surface area contributed by atoms with E-state index in [0.717, 1.165) is 99.6 Å². The largest absolute Gasteiger partial charge is 0.398 e. The summed E-state index contributed by atoms with van der Waals surface area (Å²) < 4.78 is 14.4. The normalized spacial score (nSPS) is 17.4. The third-order valence-corrected chi connectivity index (χ3v) is 12.7. The molecule has 266 valence electrons. The van der Waals surface area contributed by atoms with Crippen molar-refractivity contribution in [2.75, 3.05) is 48.9 Å². The second-order valence-electron chi connectivity index (χ2n) is 13.4. The molecule has 8 nitrogen and oxygen atoms in total. The predicted molar refractivity (Wildman–Crippen MR) is 219 cm³/mol. The first-order chi connectivity index (χ1) is 24.2. The van der Waals surface area contributed by atoms with Gasteiger partial charge in [0.25, 0.3) is 0 Å².